The van der Waals surface area contributed by atoms with Gasteiger partial charge in [-0.15, -0.1) is 0 Å². The predicted octanol–water partition coefficient (Wildman–Crippen LogP) is 3.77. The van der Waals surface area contributed by atoms with E-state index in [0.29, 0.717) is 38.4 Å². The highest BCUT2D eigenvalue weighted by Gasteiger charge is 2.27. The van der Waals surface area contributed by atoms with Crippen molar-refractivity contribution >= 4 is 22.6 Å². The van der Waals surface area contributed by atoms with Crippen LogP contribution in [0.5, 0.6) is 0 Å². The summed E-state index contributed by atoms with van der Waals surface area (Å²) in [4.78, 5) is 33.3. The van der Waals surface area contributed by atoms with Gasteiger partial charge in [-0.1, -0.05) is 53.7 Å². The third-order valence-corrected chi connectivity index (χ3v) is 5.91. The van der Waals surface area contributed by atoms with Crippen molar-refractivity contribution in [3.63, 3.8) is 0 Å². The van der Waals surface area contributed by atoms with Gasteiger partial charge in [0.05, 0.1) is 23.5 Å². The summed E-state index contributed by atoms with van der Waals surface area (Å²) < 4.78 is 5.10. The molecule has 1 amide bonds. The van der Waals surface area contributed by atoms with Crippen molar-refractivity contribution in [3.8, 4) is 11.3 Å². The number of benzene rings is 2. The van der Waals surface area contributed by atoms with Crippen LogP contribution in [0.25, 0.3) is 22.2 Å². The average Bonchev–Trinajstić information content (AvgIpc) is 3.43. The Labute approximate surface area is 185 Å². The second-order valence-corrected chi connectivity index (χ2v) is 8.11. The van der Waals surface area contributed by atoms with E-state index in [0.717, 1.165) is 27.7 Å². The number of fused-ring (bicyclic) bond motifs is 1. The number of aromatic amines is 1. The summed E-state index contributed by atoms with van der Waals surface area (Å²) in [5, 5.41) is 4.73. The van der Waals surface area contributed by atoms with Gasteiger partial charge in [0, 0.05) is 43.1 Å². The fourth-order valence-electron chi connectivity index (χ4n) is 4.26. The lowest BCUT2D eigenvalue weighted by Gasteiger charge is -2.33. The Morgan fingerprint density at radius 3 is 2.44 bits per heavy atom. The summed E-state index contributed by atoms with van der Waals surface area (Å²) in [7, 11) is 0. The van der Waals surface area contributed by atoms with Gasteiger partial charge in [-0.25, -0.2) is 0 Å². The standard InChI is InChI=1S/C25H24N4O3/c1-17-15-22(32-27-17)25(31)29-13-11-28(12-14-29)16-21(30)23-19-9-5-6-10-20(19)26-24(23)18-7-3-2-4-8-18/h2-10,15,26H,11-14,16H2,1H3. The number of piperazine rings is 1. The van der Waals surface area contributed by atoms with Crippen LogP contribution in [0, 0.1) is 6.92 Å². The third-order valence-electron chi connectivity index (χ3n) is 5.91. The van der Waals surface area contributed by atoms with E-state index in [1.165, 1.54) is 0 Å². The van der Waals surface area contributed by atoms with Crippen molar-refractivity contribution in [2.45, 2.75) is 6.92 Å². The highest BCUT2D eigenvalue weighted by Crippen LogP contribution is 2.31. The Kier molecular flexibility index (Phi) is 5.33. The highest BCUT2D eigenvalue weighted by molar-refractivity contribution is 6.14. The molecule has 0 saturated carbocycles. The molecule has 1 aliphatic heterocycles. The normalized spacial score (nSPS) is 14.7. The molecule has 1 aliphatic rings. The quantitative estimate of drug-likeness (QED) is 0.489. The average molecular weight is 428 g/mol. The summed E-state index contributed by atoms with van der Waals surface area (Å²) >= 11 is 0. The van der Waals surface area contributed by atoms with Gasteiger partial charge >= 0.3 is 0 Å². The summed E-state index contributed by atoms with van der Waals surface area (Å²) in [6.45, 7) is 4.46. The van der Waals surface area contributed by atoms with Gasteiger partial charge in [0.15, 0.2) is 5.78 Å². The number of H-pyrrole nitrogens is 1. The SMILES string of the molecule is Cc1cc(C(=O)N2CCN(CC(=O)c3c(-c4ccccc4)[nH]c4ccccc34)CC2)on1. The van der Waals surface area contributed by atoms with Gasteiger partial charge in [0.1, 0.15) is 0 Å². The molecule has 0 unspecified atom stereocenters. The monoisotopic (exact) mass is 428 g/mol. The molecule has 4 aromatic rings. The summed E-state index contributed by atoms with van der Waals surface area (Å²) in [5.74, 6) is 0.185. The number of hydrogen-bond acceptors (Lipinski definition) is 5. The van der Waals surface area contributed by atoms with E-state index in [4.69, 9.17) is 4.52 Å². The molecule has 0 radical (unpaired) electrons. The topological polar surface area (TPSA) is 82.4 Å². The second-order valence-electron chi connectivity index (χ2n) is 8.11. The molecule has 0 aliphatic carbocycles. The fraction of sp³-hybridized carbons (Fsp3) is 0.240. The number of hydrogen-bond donors (Lipinski definition) is 1. The van der Waals surface area contributed by atoms with E-state index in [2.05, 4.69) is 15.0 Å². The van der Waals surface area contributed by atoms with Crippen LogP contribution in [-0.2, 0) is 0 Å². The predicted molar refractivity (Wildman–Crippen MR) is 122 cm³/mol. The van der Waals surface area contributed by atoms with Crippen LogP contribution in [0.2, 0.25) is 0 Å². The Hall–Kier alpha value is -3.71. The largest absolute Gasteiger partial charge is 0.354 e. The van der Waals surface area contributed by atoms with E-state index in [1.807, 2.05) is 54.6 Å². The minimum absolute atomic E-state index is 0.0759. The van der Waals surface area contributed by atoms with Gasteiger partial charge in [0.2, 0.25) is 5.76 Å². The number of nitrogens with one attached hydrogen (secondary N) is 1. The van der Waals surface area contributed by atoms with E-state index in [9.17, 15) is 9.59 Å². The molecule has 0 atom stereocenters. The van der Waals surface area contributed by atoms with Crippen molar-refractivity contribution in [3.05, 3.63) is 77.7 Å². The van der Waals surface area contributed by atoms with Gasteiger partial charge in [0.25, 0.3) is 5.91 Å². The van der Waals surface area contributed by atoms with Crippen LogP contribution in [0.15, 0.2) is 65.2 Å². The Balaban J connectivity index is 1.32. The third kappa shape index (κ3) is 3.83. The van der Waals surface area contributed by atoms with Crippen LogP contribution in [0.3, 0.4) is 0 Å². The van der Waals surface area contributed by atoms with E-state index in [1.54, 1.807) is 17.9 Å². The first kappa shape index (κ1) is 20.2. The molecule has 7 heteroatoms. The fourth-order valence-corrected chi connectivity index (χ4v) is 4.26. The molecular formula is C25H24N4O3. The van der Waals surface area contributed by atoms with Gasteiger partial charge in [-0.2, -0.15) is 0 Å². The number of amides is 1. The lowest BCUT2D eigenvalue weighted by Crippen LogP contribution is -2.49. The smallest absolute Gasteiger partial charge is 0.292 e. The molecule has 0 spiro atoms. The maximum absolute atomic E-state index is 13.5. The minimum Gasteiger partial charge on any atom is -0.354 e. The first-order valence-corrected chi connectivity index (χ1v) is 10.7. The first-order valence-electron chi connectivity index (χ1n) is 10.7. The molecule has 1 saturated heterocycles. The summed E-state index contributed by atoms with van der Waals surface area (Å²) in [6.07, 6.45) is 0. The van der Waals surface area contributed by atoms with Gasteiger partial charge in [-0.05, 0) is 18.6 Å². The summed E-state index contributed by atoms with van der Waals surface area (Å²) in [6, 6.07) is 19.5. The number of nitrogens with zero attached hydrogens (tertiary/aromatic N) is 3. The van der Waals surface area contributed by atoms with Crippen molar-refractivity contribution in [2.24, 2.45) is 0 Å². The van der Waals surface area contributed by atoms with Crippen LogP contribution in [-0.4, -0.2) is 64.4 Å². The number of aryl methyl sites for hydroxylation is 1. The number of Topliss-reactive ketones (excluding diaryl/α,β-unsaturated/α-hetero) is 1. The lowest BCUT2D eigenvalue weighted by atomic mass is 10.0. The molecule has 3 heterocycles. The number of para-hydroxylation sites is 1. The minimum atomic E-state index is -0.153. The molecule has 7 nitrogen and oxygen atoms in total. The number of aromatic nitrogens is 2. The molecule has 1 N–H and O–H groups in total. The molecule has 162 valence electrons. The maximum atomic E-state index is 13.5. The Morgan fingerprint density at radius 2 is 1.72 bits per heavy atom. The Bertz CT molecular complexity index is 1270. The summed E-state index contributed by atoms with van der Waals surface area (Å²) in [5.41, 5.74) is 4.21. The van der Waals surface area contributed by atoms with Crippen LogP contribution in [0.4, 0.5) is 0 Å². The van der Waals surface area contributed by atoms with Crippen LogP contribution >= 0.6 is 0 Å². The number of carbonyl (C=O) groups is 2. The number of rotatable bonds is 5. The molecule has 2 aromatic carbocycles. The van der Waals surface area contributed by atoms with Crippen molar-refractivity contribution in [1.82, 2.24) is 19.9 Å². The maximum Gasteiger partial charge on any atom is 0.292 e. The number of carbonyl (C=O) groups excluding carboxylic acids is 2. The molecule has 0 bridgehead atoms. The lowest BCUT2D eigenvalue weighted by molar-refractivity contribution is 0.0588. The van der Waals surface area contributed by atoms with Crippen LogP contribution < -0.4 is 0 Å². The van der Waals surface area contributed by atoms with Crippen molar-refractivity contribution < 1.29 is 14.1 Å². The van der Waals surface area contributed by atoms with Crippen molar-refractivity contribution in [2.75, 3.05) is 32.7 Å². The first-order chi connectivity index (χ1) is 15.6. The highest BCUT2D eigenvalue weighted by atomic mass is 16.5. The molecule has 1 fully saturated rings. The Morgan fingerprint density at radius 1 is 1.00 bits per heavy atom. The van der Waals surface area contributed by atoms with E-state index < -0.39 is 0 Å². The number of ketones is 1. The molecule has 32 heavy (non-hydrogen) atoms. The zero-order valence-corrected chi connectivity index (χ0v) is 17.9. The molecular weight excluding hydrogens is 404 g/mol. The van der Waals surface area contributed by atoms with Crippen LogP contribution in [0.1, 0.15) is 26.6 Å². The van der Waals surface area contributed by atoms with E-state index in [-0.39, 0.29) is 17.5 Å². The van der Waals surface area contributed by atoms with Gasteiger partial charge < -0.3 is 14.4 Å². The second kappa shape index (κ2) is 8.43. The van der Waals surface area contributed by atoms with Gasteiger partial charge in [-0.3, -0.25) is 14.5 Å². The molecule has 5 rings (SSSR count). The molecule has 2 aromatic heterocycles. The van der Waals surface area contributed by atoms with E-state index >= 15 is 0 Å². The zero-order chi connectivity index (χ0) is 22.1. The zero-order valence-electron chi connectivity index (χ0n) is 17.9. The van der Waals surface area contributed by atoms with Crippen molar-refractivity contribution in [1.29, 1.82) is 0 Å².